The van der Waals surface area contributed by atoms with Crippen molar-refractivity contribution < 1.29 is 18.0 Å². The Labute approximate surface area is 204 Å². The maximum Gasteiger partial charge on any atom is 0.165 e. The Morgan fingerprint density at radius 3 is 2.76 bits per heavy atom. The fourth-order valence-corrected chi connectivity index (χ4v) is 5.24. The van der Waals surface area contributed by atoms with Gasteiger partial charge < -0.3 is 24.6 Å². The summed E-state index contributed by atoms with van der Waals surface area (Å²) in [6.07, 6.45) is 1.15. The number of likely N-dealkylation sites (N-methyl/N-ethyl adjacent to an activating group) is 1. The van der Waals surface area contributed by atoms with Crippen LogP contribution >= 0.6 is 0 Å². The SMILES string of the molecule is [2H]C([2H])([2H])Oc1cc2nc(-c3ccc(OCCNC)cc3)cc(N3CC4CCN(C)CC4C3)c2cc1F. The molecule has 0 aliphatic carbocycles. The highest BCUT2D eigenvalue weighted by Crippen LogP contribution is 2.39. The summed E-state index contributed by atoms with van der Waals surface area (Å²) in [7, 11) is 1.28. The van der Waals surface area contributed by atoms with Crippen molar-refractivity contribution in [1.82, 2.24) is 15.2 Å². The van der Waals surface area contributed by atoms with Gasteiger partial charge in [0.2, 0.25) is 0 Å². The molecule has 0 bridgehead atoms. The lowest BCUT2D eigenvalue weighted by atomic mass is 9.89. The number of aromatic nitrogens is 1. The molecule has 0 saturated carbocycles. The van der Waals surface area contributed by atoms with E-state index >= 15 is 4.39 Å². The lowest BCUT2D eigenvalue weighted by molar-refractivity contribution is 0.178. The summed E-state index contributed by atoms with van der Waals surface area (Å²) in [5.41, 5.74) is 3.02. The van der Waals surface area contributed by atoms with Crippen molar-refractivity contribution >= 4 is 16.6 Å². The molecule has 2 fully saturated rings. The van der Waals surface area contributed by atoms with Crippen LogP contribution in [0.3, 0.4) is 0 Å². The quantitative estimate of drug-likeness (QED) is 0.530. The van der Waals surface area contributed by atoms with E-state index in [9.17, 15) is 0 Å². The van der Waals surface area contributed by atoms with Crippen LogP contribution in [0.5, 0.6) is 11.5 Å². The predicted molar refractivity (Wildman–Crippen MR) is 134 cm³/mol. The minimum absolute atomic E-state index is 0.326. The van der Waals surface area contributed by atoms with Gasteiger partial charge in [-0.1, -0.05) is 0 Å². The van der Waals surface area contributed by atoms with E-state index in [0.717, 1.165) is 61.8 Å². The zero-order valence-electron chi connectivity index (χ0n) is 22.7. The Balaban J connectivity index is 1.54. The first-order valence-corrected chi connectivity index (χ1v) is 11.8. The van der Waals surface area contributed by atoms with E-state index in [1.165, 1.54) is 12.1 Å². The number of methoxy groups -OCH3 is 1. The molecule has 3 heterocycles. The van der Waals surface area contributed by atoms with Crippen molar-refractivity contribution in [3.8, 4) is 22.8 Å². The highest BCUT2D eigenvalue weighted by Gasteiger charge is 2.36. The maximum atomic E-state index is 15.0. The van der Waals surface area contributed by atoms with Crippen LogP contribution in [0.15, 0.2) is 42.5 Å². The average molecular weight is 468 g/mol. The number of ether oxygens (including phenoxy) is 2. The van der Waals surface area contributed by atoms with Crippen LogP contribution in [0.25, 0.3) is 22.2 Å². The first kappa shape index (κ1) is 19.4. The molecule has 0 amide bonds. The average Bonchev–Trinajstić information content (AvgIpc) is 3.27. The Morgan fingerprint density at radius 2 is 1.97 bits per heavy atom. The molecule has 3 aromatic rings. The number of rotatable bonds is 7. The standard InChI is InChI=1S/C27H33FN4O2/c1-29-9-11-34-21-6-4-18(5-7-21)24-13-26(22-12-23(28)27(33-3)14-25(22)30-24)32-16-19-8-10-31(2)15-20(19)17-32/h4-7,12-14,19-20,29H,8-11,15-17H2,1-3H3/i3D3. The second kappa shape index (κ2) is 9.76. The summed E-state index contributed by atoms with van der Waals surface area (Å²) in [4.78, 5) is 9.51. The molecule has 2 atom stereocenters. The van der Waals surface area contributed by atoms with E-state index < -0.39 is 12.9 Å². The van der Waals surface area contributed by atoms with Gasteiger partial charge in [0.1, 0.15) is 12.4 Å². The normalized spacial score (nSPS) is 22.2. The largest absolute Gasteiger partial charge is 0.494 e. The van der Waals surface area contributed by atoms with Crippen molar-refractivity contribution in [2.24, 2.45) is 11.8 Å². The van der Waals surface area contributed by atoms with E-state index in [1.807, 2.05) is 37.4 Å². The smallest absolute Gasteiger partial charge is 0.165 e. The van der Waals surface area contributed by atoms with Gasteiger partial charge in [-0.05, 0) is 75.3 Å². The van der Waals surface area contributed by atoms with Gasteiger partial charge in [0.25, 0.3) is 0 Å². The van der Waals surface area contributed by atoms with Gasteiger partial charge in [0, 0.05) is 48.9 Å². The Hall–Kier alpha value is -2.90. The number of hydrogen-bond donors (Lipinski definition) is 1. The van der Waals surface area contributed by atoms with Crippen LogP contribution in [0.1, 0.15) is 10.5 Å². The lowest BCUT2D eigenvalue weighted by Gasteiger charge is -2.31. The molecule has 180 valence electrons. The molecule has 1 aromatic heterocycles. The van der Waals surface area contributed by atoms with Gasteiger partial charge in [0.05, 0.1) is 22.4 Å². The number of nitrogens with one attached hydrogen (secondary N) is 1. The van der Waals surface area contributed by atoms with E-state index in [2.05, 4.69) is 22.2 Å². The topological polar surface area (TPSA) is 49.9 Å². The van der Waals surface area contributed by atoms with Gasteiger partial charge >= 0.3 is 0 Å². The number of anilines is 1. The first-order valence-electron chi connectivity index (χ1n) is 13.3. The number of likely N-dealkylation sites (tertiary alicyclic amines) is 1. The van der Waals surface area contributed by atoms with Gasteiger partial charge in [-0.3, -0.25) is 0 Å². The zero-order chi connectivity index (χ0) is 26.2. The third-order valence-electron chi connectivity index (χ3n) is 7.07. The van der Waals surface area contributed by atoms with Crippen molar-refractivity contribution in [2.45, 2.75) is 6.42 Å². The highest BCUT2D eigenvalue weighted by molar-refractivity contribution is 5.95. The fourth-order valence-electron chi connectivity index (χ4n) is 5.24. The van der Waals surface area contributed by atoms with E-state index in [1.54, 1.807) is 0 Å². The summed E-state index contributed by atoms with van der Waals surface area (Å²) < 4.78 is 47.9. The van der Waals surface area contributed by atoms with E-state index in [4.69, 9.17) is 18.6 Å². The van der Waals surface area contributed by atoms with Gasteiger partial charge in [0.15, 0.2) is 11.6 Å². The minimum Gasteiger partial charge on any atom is -0.494 e. The number of benzene rings is 2. The summed E-state index contributed by atoms with van der Waals surface area (Å²) >= 11 is 0. The summed E-state index contributed by atoms with van der Waals surface area (Å²) in [6, 6.07) is 12.5. The Kier molecular flexibility index (Phi) is 5.57. The molecule has 2 saturated heterocycles. The monoisotopic (exact) mass is 467 g/mol. The maximum absolute atomic E-state index is 15.0. The third kappa shape index (κ3) is 4.55. The van der Waals surface area contributed by atoms with Gasteiger partial charge in [-0.2, -0.15) is 0 Å². The minimum atomic E-state index is -2.76. The number of nitrogens with zero attached hydrogens (tertiary/aromatic N) is 3. The molecule has 5 rings (SSSR count). The molecule has 34 heavy (non-hydrogen) atoms. The second-order valence-electron chi connectivity index (χ2n) is 9.38. The molecule has 1 N–H and O–H groups in total. The molecule has 2 aliphatic rings. The zero-order valence-corrected chi connectivity index (χ0v) is 19.7. The van der Waals surface area contributed by atoms with Crippen LogP contribution in [-0.2, 0) is 0 Å². The number of pyridine rings is 1. The van der Waals surface area contributed by atoms with Crippen molar-refractivity contribution in [3.05, 3.63) is 48.3 Å². The predicted octanol–water partition coefficient (Wildman–Crippen LogP) is 4.04. The molecule has 6 nitrogen and oxygen atoms in total. The highest BCUT2D eigenvalue weighted by atomic mass is 19.1. The summed E-state index contributed by atoms with van der Waals surface area (Å²) in [5, 5.41) is 3.71. The van der Waals surface area contributed by atoms with Crippen LogP contribution in [-0.4, -0.2) is 70.3 Å². The van der Waals surface area contributed by atoms with Crippen LogP contribution in [0.4, 0.5) is 10.1 Å². The lowest BCUT2D eigenvalue weighted by Crippen LogP contribution is -2.37. The van der Waals surface area contributed by atoms with E-state index in [0.29, 0.717) is 29.3 Å². The number of halogens is 1. The van der Waals surface area contributed by atoms with Gasteiger partial charge in [-0.25, -0.2) is 9.37 Å². The third-order valence-corrected chi connectivity index (χ3v) is 7.07. The molecule has 0 spiro atoms. The molecule has 0 radical (unpaired) electrons. The molecular formula is C27H33FN4O2. The van der Waals surface area contributed by atoms with Gasteiger partial charge in [-0.15, -0.1) is 0 Å². The summed E-state index contributed by atoms with van der Waals surface area (Å²) in [5.74, 6) is 0.887. The number of piperidine rings is 1. The van der Waals surface area contributed by atoms with Crippen LogP contribution < -0.4 is 19.7 Å². The molecule has 2 aromatic carbocycles. The summed E-state index contributed by atoms with van der Waals surface area (Å²) in [6.45, 7) is 5.26. The Morgan fingerprint density at radius 1 is 1.15 bits per heavy atom. The number of fused-ring (bicyclic) bond motifs is 2. The fraction of sp³-hybridized carbons (Fsp3) is 0.444. The van der Waals surface area contributed by atoms with Crippen LogP contribution in [0, 0.1) is 17.7 Å². The number of hydrogen-bond acceptors (Lipinski definition) is 6. The van der Waals surface area contributed by atoms with Crippen molar-refractivity contribution in [3.63, 3.8) is 0 Å². The van der Waals surface area contributed by atoms with E-state index in [-0.39, 0.29) is 5.75 Å². The van der Waals surface area contributed by atoms with Crippen molar-refractivity contribution in [2.75, 3.05) is 65.4 Å². The van der Waals surface area contributed by atoms with Crippen LogP contribution in [0.2, 0.25) is 0 Å². The molecule has 7 heteroatoms. The second-order valence-corrected chi connectivity index (χ2v) is 9.38. The Bertz CT molecular complexity index is 1260. The molecular weight excluding hydrogens is 431 g/mol. The van der Waals surface area contributed by atoms with Crippen molar-refractivity contribution in [1.29, 1.82) is 0 Å². The molecule has 2 unspecified atom stereocenters. The first-order chi connectivity index (χ1) is 17.7. The molecule has 2 aliphatic heterocycles.